The van der Waals surface area contributed by atoms with E-state index in [-0.39, 0.29) is 5.56 Å². The fourth-order valence-electron chi connectivity index (χ4n) is 1.98. The molecule has 0 saturated heterocycles. The molecular weight excluding hydrogens is 340 g/mol. The Balaban J connectivity index is 2.54. The molecule has 0 saturated carbocycles. The summed E-state index contributed by atoms with van der Waals surface area (Å²) in [7, 11) is -1.24. The number of rotatable bonds is 9. The fourth-order valence-corrected chi connectivity index (χ4v) is 3.84. The summed E-state index contributed by atoms with van der Waals surface area (Å²) in [5.74, 6) is -0.494. The van der Waals surface area contributed by atoms with Crippen LogP contribution in [0.25, 0.3) is 0 Å². The second kappa shape index (κ2) is 9.29. The van der Waals surface area contributed by atoms with Crippen molar-refractivity contribution in [3.05, 3.63) is 28.2 Å². The molecule has 0 fully saturated rings. The Kier molecular flexibility index (Phi) is 8.07. The zero-order valence-corrected chi connectivity index (χ0v) is 14.1. The molecule has 5 heteroatoms. The zero-order chi connectivity index (χ0) is 15.0. The van der Waals surface area contributed by atoms with Crippen LogP contribution in [0.4, 0.5) is 0 Å². The highest BCUT2D eigenvalue weighted by molar-refractivity contribution is 9.10. The summed E-state index contributed by atoms with van der Waals surface area (Å²) >= 11 is 3.30. The van der Waals surface area contributed by atoms with Crippen LogP contribution in [-0.4, -0.2) is 21.0 Å². The molecule has 0 aliphatic rings. The predicted octanol–water partition coefficient (Wildman–Crippen LogP) is 4.62. The first-order valence-corrected chi connectivity index (χ1v) is 9.08. The fraction of sp³-hybridized carbons (Fsp3) is 0.533. The molecule has 1 atom stereocenters. The Labute approximate surface area is 131 Å². The van der Waals surface area contributed by atoms with Gasteiger partial charge in [0, 0.05) is 10.2 Å². The van der Waals surface area contributed by atoms with Gasteiger partial charge in [0.2, 0.25) is 0 Å². The first-order chi connectivity index (χ1) is 9.56. The van der Waals surface area contributed by atoms with E-state index in [1.807, 2.05) is 0 Å². The minimum atomic E-state index is -1.24. The summed E-state index contributed by atoms with van der Waals surface area (Å²) in [6.45, 7) is 2.18. The van der Waals surface area contributed by atoms with Gasteiger partial charge in [0.15, 0.2) is 0 Å². The molecule has 1 aromatic carbocycles. The summed E-state index contributed by atoms with van der Waals surface area (Å²) < 4.78 is 13.0. The molecule has 1 rings (SSSR count). The maximum atomic E-state index is 12.2. The van der Waals surface area contributed by atoms with Crippen molar-refractivity contribution in [3.8, 4) is 0 Å². The number of carboxylic acids is 1. The maximum Gasteiger partial charge on any atom is 0.336 e. The highest BCUT2D eigenvalue weighted by Crippen LogP contribution is 2.21. The summed E-state index contributed by atoms with van der Waals surface area (Å²) in [5.41, 5.74) is 0.137. The van der Waals surface area contributed by atoms with Crippen molar-refractivity contribution in [2.24, 2.45) is 0 Å². The van der Waals surface area contributed by atoms with Crippen LogP contribution < -0.4 is 0 Å². The van der Waals surface area contributed by atoms with Gasteiger partial charge in [-0.2, -0.15) is 0 Å². The lowest BCUT2D eigenvalue weighted by molar-refractivity contribution is 0.0693. The molecule has 0 heterocycles. The number of halogens is 1. The van der Waals surface area contributed by atoms with Crippen molar-refractivity contribution in [2.75, 3.05) is 5.75 Å². The number of carboxylic acid groups (broad SMARTS) is 1. The van der Waals surface area contributed by atoms with Crippen LogP contribution >= 0.6 is 15.9 Å². The first-order valence-electron chi connectivity index (χ1n) is 6.97. The normalized spacial score (nSPS) is 12.3. The lowest BCUT2D eigenvalue weighted by Gasteiger charge is -2.07. The topological polar surface area (TPSA) is 54.4 Å². The van der Waals surface area contributed by atoms with Crippen molar-refractivity contribution >= 4 is 32.7 Å². The van der Waals surface area contributed by atoms with Crippen LogP contribution in [0.15, 0.2) is 27.6 Å². The molecule has 1 aromatic rings. The lowest BCUT2D eigenvalue weighted by Crippen LogP contribution is -2.07. The smallest absolute Gasteiger partial charge is 0.336 e. The molecule has 1 N–H and O–H groups in total. The van der Waals surface area contributed by atoms with Crippen molar-refractivity contribution in [3.63, 3.8) is 0 Å². The second-order valence-electron chi connectivity index (χ2n) is 4.76. The van der Waals surface area contributed by atoms with Gasteiger partial charge in [-0.1, -0.05) is 55.0 Å². The summed E-state index contributed by atoms with van der Waals surface area (Å²) in [4.78, 5) is 11.6. The Morgan fingerprint density at radius 3 is 2.50 bits per heavy atom. The molecule has 20 heavy (non-hydrogen) atoms. The number of carbonyl (C=O) groups is 1. The number of aromatic carboxylic acids is 1. The third-order valence-electron chi connectivity index (χ3n) is 3.10. The van der Waals surface area contributed by atoms with Gasteiger partial charge in [-0.25, -0.2) is 4.79 Å². The third kappa shape index (κ3) is 5.75. The van der Waals surface area contributed by atoms with Crippen molar-refractivity contribution in [2.45, 2.75) is 50.3 Å². The molecule has 0 radical (unpaired) electrons. The van der Waals surface area contributed by atoms with E-state index in [0.29, 0.717) is 10.6 Å². The standard InChI is InChI=1S/C15H21BrO3S/c1-2-3-4-5-6-7-10-20(19)14-11-12(16)8-9-13(14)15(17)18/h8-9,11H,2-7,10H2,1H3,(H,17,18). The zero-order valence-electron chi connectivity index (χ0n) is 11.7. The van der Waals surface area contributed by atoms with E-state index < -0.39 is 16.8 Å². The van der Waals surface area contributed by atoms with Crippen LogP contribution in [0.2, 0.25) is 0 Å². The van der Waals surface area contributed by atoms with Gasteiger partial charge in [0.05, 0.1) is 21.3 Å². The number of benzene rings is 1. The summed E-state index contributed by atoms with van der Waals surface area (Å²) in [6, 6.07) is 4.81. The Bertz CT molecular complexity index is 474. The monoisotopic (exact) mass is 360 g/mol. The number of hydrogen-bond donors (Lipinski definition) is 1. The first kappa shape index (κ1) is 17.4. The second-order valence-corrected chi connectivity index (χ2v) is 7.22. The van der Waals surface area contributed by atoms with Crippen molar-refractivity contribution in [1.29, 1.82) is 0 Å². The number of unbranched alkanes of at least 4 members (excludes halogenated alkanes) is 5. The van der Waals surface area contributed by atoms with Gasteiger partial charge in [-0.05, 0) is 24.6 Å². The van der Waals surface area contributed by atoms with E-state index in [2.05, 4.69) is 22.9 Å². The van der Waals surface area contributed by atoms with Crippen molar-refractivity contribution < 1.29 is 14.1 Å². The van der Waals surface area contributed by atoms with E-state index in [1.165, 1.54) is 25.3 Å². The highest BCUT2D eigenvalue weighted by Gasteiger charge is 2.15. The van der Waals surface area contributed by atoms with Crippen LogP contribution in [0, 0.1) is 0 Å². The average Bonchev–Trinajstić information content (AvgIpc) is 2.42. The molecule has 112 valence electrons. The van der Waals surface area contributed by atoms with Gasteiger partial charge in [-0.3, -0.25) is 4.21 Å². The molecule has 0 bridgehead atoms. The largest absolute Gasteiger partial charge is 0.478 e. The minimum absolute atomic E-state index is 0.137. The van der Waals surface area contributed by atoms with Gasteiger partial charge >= 0.3 is 5.97 Å². The van der Waals surface area contributed by atoms with E-state index in [0.717, 1.165) is 23.7 Å². The molecule has 0 spiro atoms. The molecule has 0 amide bonds. The SMILES string of the molecule is CCCCCCCCS(=O)c1cc(Br)ccc1C(=O)O. The molecule has 0 aliphatic heterocycles. The highest BCUT2D eigenvalue weighted by atomic mass is 79.9. The van der Waals surface area contributed by atoms with E-state index >= 15 is 0 Å². The average molecular weight is 361 g/mol. The molecule has 0 aromatic heterocycles. The third-order valence-corrected chi connectivity index (χ3v) is 5.08. The van der Waals surface area contributed by atoms with E-state index in [1.54, 1.807) is 12.1 Å². The van der Waals surface area contributed by atoms with E-state index in [9.17, 15) is 9.00 Å². The van der Waals surface area contributed by atoms with Gasteiger partial charge in [0.25, 0.3) is 0 Å². The summed E-state index contributed by atoms with van der Waals surface area (Å²) in [6.07, 6.45) is 6.78. The van der Waals surface area contributed by atoms with E-state index in [4.69, 9.17) is 5.11 Å². The lowest BCUT2D eigenvalue weighted by atomic mass is 10.1. The van der Waals surface area contributed by atoms with Crippen LogP contribution in [0.3, 0.4) is 0 Å². The quantitative estimate of drug-likeness (QED) is 0.653. The summed E-state index contributed by atoms with van der Waals surface area (Å²) in [5, 5.41) is 9.12. The van der Waals surface area contributed by atoms with Crippen LogP contribution in [0.5, 0.6) is 0 Å². The predicted molar refractivity (Wildman–Crippen MR) is 85.8 cm³/mol. The molecular formula is C15H21BrO3S. The van der Waals surface area contributed by atoms with Gasteiger partial charge < -0.3 is 5.11 Å². The minimum Gasteiger partial charge on any atom is -0.478 e. The van der Waals surface area contributed by atoms with Crippen LogP contribution in [0.1, 0.15) is 55.8 Å². The Morgan fingerprint density at radius 1 is 1.20 bits per heavy atom. The van der Waals surface area contributed by atoms with Crippen LogP contribution in [-0.2, 0) is 10.8 Å². The maximum absolute atomic E-state index is 12.2. The van der Waals surface area contributed by atoms with Gasteiger partial charge in [0.1, 0.15) is 0 Å². The Morgan fingerprint density at radius 2 is 1.85 bits per heavy atom. The Hall–Kier alpha value is -0.680. The molecule has 1 unspecified atom stereocenters. The van der Waals surface area contributed by atoms with Crippen molar-refractivity contribution in [1.82, 2.24) is 0 Å². The molecule has 3 nitrogen and oxygen atoms in total. The van der Waals surface area contributed by atoms with Gasteiger partial charge in [-0.15, -0.1) is 0 Å². The molecule has 0 aliphatic carbocycles. The number of hydrogen-bond acceptors (Lipinski definition) is 2.